The predicted octanol–water partition coefficient (Wildman–Crippen LogP) is 1.77. The lowest BCUT2D eigenvalue weighted by Crippen LogP contribution is -2.16. The van der Waals surface area contributed by atoms with Crippen LogP contribution in [0.4, 0.5) is 0 Å². The lowest BCUT2D eigenvalue weighted by Gasteiger charge is -2.10. The summed E-state index contributed by atoms with van der Waals surface area (Å²) in [4.78, 5) is 4.26. The first-order valence-electron chi connectivity index (χ1n) is 5.88. The van der Waals surface area contributed by atoms with E-state index in [4.69, 9.17) is 5.26 Å². The van der Waals surface area contributed by atoms with Crippen LogP contribution in [0.25, 0.3) is 17.0 Å². The van der Waals surface area contributed by atoms with Crippen molar-refractivity contribution in [3.63, 3.8) is 0 Å². The Balaban J connectivity index is 1.95. The third-order valence-corrected chi connectivity index (χ3v) is 2.82. The van der Waals surface area contributed by atoms with Crippen LogP contribution >= 0.6 is 0 Å². The van der Waals surface area contributed by atoms with E-state index in [0.29, 0.717) is 5.69 Å². The smallest absolute Gasteiger partial charge is 0.141 e. The zero-order chi connectivity index (χ0) is 13.1. The number of hydrogen-bond donors (Lipinski definition) is 1. The van der Waals surface area contributed by atoms with Crippen molar-refractivity contribution in [1.82, 2.24) is 20.1 Å². The molecule has 3 heterocycles. The maximum absolute atomic E-state index is 8.86. The molecule has 0 fully saturated rings. The molecule has 1 aliphatic heterocycles. The van der Waals surface area contributed by atoms with Gasteiger partial charge in [0.15, 0.2) is 0 Å². The van der Waals surface area contributed by atoms with Crippen LogP contribution in [0.5, 0.6) is 0 Å². The summed E-state index contributed by atoms with van der Waals surface area (Å²) in [6.45, 7) is 0.739. The molecule has 0 atom stereocenters. The van der Waals surface area contributed by atoms with Crippen molar-refractivity contribution in [3.8, 4) is 17.3 Å². The molecule has 0 radical (unpaired) electrons. The summed E-state index contributed by atoms with van der Waals surface area (Å²) in [5.74, 6) is 0. The molecule has 2 aromatic heterocycles. The van der Waals surface area contributed by atoms with Crippen molar-refractivity contribution in [2.75, 3.05) is 6.54 Å². The summed E-state index contributed by atoms with van der Waals surface area (Å²) in [6.07, 6.45) is 9.51. The highest BCUT2D eigenvalue weighted by atomic mass is 15.3. The van der Waals surface area contributed by atoms with Crippen LogP contribution in [0, 0.1) is 11.3 Å². The number of nitrogens with one attached hydrogen (secondary N) is 1. The van der Waals surface area contributed by atoms with E-state index in [1.54, 1.807) is 12.3 Å². The lowest BCUT2D eigenvalue weighted by atomic mass is 10.2. The van der Waals surface area contributed by atoms with Gasteiger partial charge in [0, 0.05) is 11.8 Å². The number of dihydropyridines is 1. The Morgan fingerprint density at radius 3 is 3.11 bits per heavy atom. The molecule has 5 heteroatoms. The Labute approximate surface area is 110 Å². The van der Waals surface area contributed by atoms with Crippen molar-refractivity contribution >= 4 is 5.70 Å². The maximum Gasteiger partial charge on any atom is 0.141 e. The number of rotatable bonds is 2. The number of aromatic nitrogens is 3. The van der Waals surface area contributed by atoms with Crippen LogP contribution in [-0.2, 0) is 0 Å². The van der Waals surface area contributed by atoms with E-state index in [9.17, 15) is 0 Å². The first-order chi connectivity index (χ1) is 9.36. The molecule has 0 bridgehead atoms. The van der Waals surface area contributed by atoms with E-state index < -0.39 is 0 Å². The van der Waals surface area contributed by atoms with Gasteiger partial charge in [0.25, 0.3) is 0 Å². The molecule has 0 amide bonds. The molecule has 1 aliphatic rings. The number of nitrogens with zero attached hydrogens (tertiary/aromatic N) is 4. The Bertz CT molecular complexity index is 703. The van der Waals surface area contributed by atoms with Gasteiger partial charge >= 0.3 is 0 Å². The lowest BCUT2D eigenvalue weighted by molar-refractivity contribution is 0.832. The fraction of sp³-hybridized carbons (Fsp3) is 0.0714. The fourth-order valence-corrected chi connectivity index (χ4v) is 1.88. The topological polar surface area (TPSA) is 66.5 Å². The SMILES string of the molecule is N#Cc1cccc(-c2cnn(C3=CC=CNC3)c2)n1. The molecule has 0 saturated heterocycles. The molecule has 0 spiro atoms. The predicted molar refractivity (Wildman–Crippen MR) is 71.6 cm³/mol. The summed E-state index contributed by atoms with van der Waals surface area (Å²) in [5.41, 5.74) is 3.12. The van der Waals surface area contributed by atoms with Crippen LogP contribution in [0.1, 0.15) is 5.69 Å². The average Bonchev–Trinajstić information content (AvgIpc) is 2.98. The zero-order valence-electron chi connectivity index (χ0n) is 10.1. The highest BCUT2D eigenvalue weighted by Crippen LogP contribution is 2.18. The normalized spacial score (nSPS) is 13.5. The molecule has 2 aromatic rings. The van der Waals surface area contributed by atoms with Gasteiger partial charge in [0.05, 0.1) is 24.1 Å². The summed E-state index contributed by atoms with van der Waals surface area (Å²) in [7, 11) is 0. The number of pyridine rings is 1. The molecule has 3 rings (SSSR count). The van der Waals surface area contributed by atoms with Crippen LogP contribution in [0.15, 0.2) is 48.9 Å². The standard InChI is InChI=1S/C14H11N5/c15-7-12-3-1-5-14(18-12)11-8-17-19(10-11)13-4-2-6-16-9-13/h1-6,8,10,16H,9H2. The number of nitriles is 1. The highest BCUT2D eigenvalue weighted by Gasteiger charge is 2.07. The first kappa shape index (κ1) is 11.2. The van der Waals surface area contributed by atoms with Gasteiger partial charge in [-0.15, -0.1) is 0 Å². The van der Waals surface area contributed by atoms with Crippen molar-refractivity contribution in [1.29, 1.82) is 5.26 Å². The van der Waals surface area contributed by atoms with E-state index in [2.05, 4.69) is 15.4 Å². The first-order valence-corrected chi connectivity index (χ1v) is 5.88. The van der Waals surface area contributed by atoms with Crippen LogP contribution < -0.4 is 5.32 Å². The summed E-state index contributed by atoms with van der Waals surface area (Å²) in [5, 5.41) is 16.3. The third-order valence-electron chi connectivity index (χ3n) is 2.82. The van der Waals surface area contributed by atoms with Crippen LogP contribution in [0.3, 0.4) is 0 Å². The monoisotopic (exact) mass is 249 g/mol. The Morgan fingerprint density at radius 1 is 1.37 bits per heavy atom. The van der Waals surface area contributed by atoms with E-state index in [-0.39, 0.29) is 0 Å². The van der Waals surface area contributed by atoms with Gasteiger partial charge in [-0.2, -0.15) is 10.4 Å². The van der Waals surface area contributed by atoms with Gasteiger partial charge in [-0.25, -0.2) is 9.67 Å². The molecule has 0 aromatic carbocycles. The van der Waals surface area contributed by atoms with Gasteiger partial charge in [-0.05, 0) is 30.5 Å². The summed E-state index contributed by atoms with van der Waals surface area (Å²) in [6, 6.07) is 7.42. The van der Waals surface area contributed by atoms with Gasteiger partial charge in [-0.1, -0.05) is 6.07 Å². The zero-order valence-corrected chi connectivity index (χ0v) is 10.1. The largest absolute Gasteiger partial charge is 0.385 e. The van der Waals surface area contributed by atoms with Gasteiger partial charge in [0.2, 0.25) is 0 Å². The second-order valence-corrected chi connectivity index (χ2v) is 4.09. The molecule has 0 saturated carbocycles. The quantitative estimate of drug-likeness (QED) is 0.880. The van der Waals surface area contributed by atoms with Gasteiger partial charge in [0.1, 0.15) is 11.8 Å². The minimum atomic E-state index is 0.409. The van der Waals surface area contributed by atoms with E-state index >= 15 is 0 Å². The highest BCUT2D eigenvalue weighted by molar-refractivity contribution is 5.60. The second-order valence-electron chi connectivity index (χ2n) is 4.09. The minimum absolute atomic E-state index is 0.409. The Kier molecular flexibility index (Phi) is 2.83. The fourth-order valence-electron chi connectivity index (χ4n) is 1.88. The maximum atomic E-state index is 8.86. The number of allylic oxidation sites excluding steroid dienone is 2. The molecule has 19 heavy (non-hydrogen) atoms. The molecule has 0 aliphatic carbocycles. The second kappa shape index (κ2) is 4.78. The van der Waals surface area contributed by atoms with E-state index in [1.807, 2.05) is 47.4 Å². The van der Waals surface area contributed by atoms with Crippen molar-refractivity contribution < 1.29 is 0 Å². The molecule has 5 nitrogen and oxygen atoms in total. The van der Waals surface area contributed by atoms with E-state index in [1.165, 1.54) is 0 Å². The molecular formula is C14H11N5. The Morgan fingerprint density at radius 2 is 2.32 bits per heavy atom. The Hall–Kier alpha value is -2.87. The van der Waals surface area contributed by atoms with Gasteiger partial charge in [-0.3, -0.25) is 0 Å². The van der Waals surface area contributed by atoms with Crippen molar-refractivity contribution in [2.24, 2.45) is 0 Å². The molecular weight excluding hydrogens is 238 g/mol. The minimum Gasteiger partial charge on any atom is -0.385 e. The molecule has 92 valence electrons. The van der Waals surface area contributed by atoms with Crippen molar-refractivity contribution in [2.45, 2.75) is 0 Å². The van der Waals surface area contributed by atoms with E-state index in [0.717, 1.165) is 23.5 Å². The summed E-state index contributed by atoms with van der Waals surface area (Å²) < 4.78 is 1.81. The average molecular weight is 249 g/mol. The summed E-state index contributed by atoms with van der Waals surface area (Å²) >= 11 is 0. The van der Waals surface area contributed by atoms with Crippen LogP contribution in [-0.4, -0.2) is 21.3 Å². The van der Waals surface area contributed by atoms with Crippen LogP contribution in [0.2, 0.25) is 0 Å². The number of hydrogen-bond acceptors (Lipinski definition) is 4. The molecule has 1 N–H and O–H groups in total. The molecule has 0 unspecified atom stereocenters. The van der Waals surface area contributed by atoms with Gasteiger partial charge < -0.3 is 5.32 Å². The van der Waals surface area contributed by atoms with Crippen molar-refractivity contribution in [3.05, 3.63) is 54.6 Å². The third kappa shape index (κ3) is 2.24.